The minimum atomic E-state index is -1.58. The summed E-state index contributed by atoms with van der Waals surface area (Å²) >= 11 is 0. The molecule has 4 aromatic rings. The van der Waals surface area contributed by atoms with E-state index in [1.54, 1.807) is 0 Å². The quantitative estimate of drug-likeness (QED) is 0.471. The van der Waals surface area contributed by atoms with Crippen LogP contribution in [-0.4, -0.2) is 10.2 Å². The van der Waals surface area contributed by atoms with Crippen molar-refractivity contribution < 1.29 is 10.2 Å². The number of aliphatic hydroxyl groups is 2. The Morgan fingerprint density at radius 3 is 0.821 bits per heavy atom. The van der Waals surface area contributed by atoms with E-state index in [1.165, 1.54) is 0 Å². The van der Waals surface area contributed by atoms with Crippen LogP contribution in [0.15, 0.2) is 97.1 Å². The van der Waals surface area contributed by atoms with Crippen LogP contribution in [-0.2, 0) is 11.2 Å². The van der Waals surface area contributed by atoms with E-state index in [4.69, 9.17) is 0 Å². The molecule has 2 nitrogen and oxygen atoms in total. The van der Waals surface area contributed by atoms with Gasteiger partial charge in [-0.05, 0) is 44.5 Å². The molecule has 0 unspecified atom stereocenters. The summed E-state index contributed by atoms with van der Waals surface area (Å²) in [6, 6.07) is 31.4. The molecule has 0 spiro atoms. The van der Waals surface area contributed by atoms with Crippen molar-refractivity contribution in [2.24, 2.45) is 0 Å². The van der Waals surface area contributed by atoms with E-state index in [-0.39, 0.29) is 0 Å². The molecule has 0 amide bonds. The van der Waals surface area contributed by atoms with E-state index in [0.717, 1.165) is 44.5 Å². The van der Waals surface area contributed by atoms with Gasteiger partial charge in [-0.15, -0.1) is 0 Å². The van der Waals surface area contributed by atoms with Crippen molar-refractivity contribution in [1.29, 1.82) is 0 Å². The van der Waals surface area contributed by atoms with Crippen molar-refractivity contribution in [3.8, 4) is 22.3 Å². The maximum Gasteiger partial charge on any atom is 0.153 e. The molecule has 0 fully saturated rings. The molecule has 2 aliphatic rings. The summed E-state index contributed by atoms with van der Waals surface area (Å²) in [5, 5.41) is 24.8. The maximum absolute atomic E-state index is 12.4. The van der Waals surface area contributed by atoms with Gasteiger partial charge in [-0.2, -0.15) is 0 Å². The molecule has 0 aromatic heterocycles. The average molecular weight is 362 g/mol. The van der Waals surface area contributed by atoms with Crippen LogP contribution in [0.4, 0.5) is 0 Å². The van der Waals surface area contributed by atoms with Gasteiger partial charge in [0.1, 0.15) is 0 Å². The summed E-state index contributed by atoms with van der Waals surface area (Å²) in [7, 11) is 0. The van der Waals surface area contributed by atoms with Crippen molar-refractivity contribution in [2.75, 3.05) is 0 Å². The maximum atomic E-state index is 12.4. The Hall–Kier alpha value is -3.20. The van der Waals surface area contributed by atoms with Crippen molar-refractivity contribution >= 4 is 0 Å². The Bertz CT molecular complexity index is 1060. The van der Waals surface area contributed by atoms with Crippen molar-refractivity contribution in [3.63, 3.8) is 0 Å². The smallest absolute Gasteiger partial charge is 0.153 e. The zero-order valence-corrected chi connectivity index (χ0v) is 15.1. The Balaban J connectivity index is 1.87. The Kier molecular flexibility index (Phi) is 2.94. The lowest BCUT2D eigenvalue weighted by molar-refractivity contribution is -0.115. The summed E-state index contributed by atoms with van der Waals surface area (Å²) in [6.07, 6.45) is 0. The van der Waals surface area contributed by atoms with Gasteiger partial charge >= 0.3 is 0 Å². The Morgan fingerprint density at radius 2 is 0.571 bits per heavy atom. The van der Waals surface area contributed by atoms with Gasteiger partial charge in [0, 0.05) is 0 Å². The highest BCUT2D eigenvalue weighted by atomic mass is 16.4. The molecule has 134 valence electrons. The lowest BCUT2D eigenvalue weighted by atomic mass is 9.56. The number of hydrogen-bond acceptors (Lipinski definition) is 2. The zero-order valence-electron chi connectivity index (χ0n) is 15.1. The molecular formula is C26H18O2. The summed E-state index contributed by atoms with van der Waals surface area (Å²) in [6.45, 7) is 0. The third-order valence-electron chi connectivity index (χ3n) is 6.37. The van der Waals surface area contributed by atoms with Gasteiger partial charge < -0.3 is 10.2 Å². The first-order valence-corrected chi connectivity index (χ1v) is 9.51. The van der Waals surface area contributed by atoms with E-state index in [1.807, 2.05) is 97.1 Å². The molecule has 4 aromatic carbocycles. The lowest BCUT2D eigenvalue weighted by Crippen LogP contribution is -2.55. The monoisotopic (exact) mass is 362 g/mol. The predicted octanol–water partition coefficient (Wildman–Crippen LogP) is 4.82. The largest absolute Gasteiger partial charge is 0.377 e. The average Bonchev–Trinajstić information content (AvgIpc) is 2.77. The zero-order chi connectivity index (χ0) is 18.9. The van der Waals surface area contributed by atoms with Crippen LogP contribution in [0.25, 0.3) is 22.3 Å². The molecule has 0 saturated carbocycles. The van der Waals surface area contributed by atoms with E-state index in [2.05, 4.69) is 0 Å². The van der Waals surface area contributed by atoms with Gasteiger partial charge in [0.2, 0.25) is 0 Å². The fourth-order valence-corrected chi connectivity index (χ4v) is 5.20. The first kappa shape index (κ1) is 15.8. The van der Waals surface area contributed by atoms with Gasteiger partial charge in [0.25, 0.3) is 0 Å². The third-order valence-corrected chi connectivity index (χ3v) is 6.37. The van der Waals surface area contributed by atoms with Gasteiger partial charge in [-0.3, -0.25) is 0 Å². The first-order valence-electron chi connectivity index (χ1n) is 9.51. The fourth-order valence-electron chi connectivity index (χ4n) is 5.20. The van der Waals surface area contributed by atoms with Gasteiger partial charge in [0.15, 0.2) is 11.2 Å². The van der Waals surface area contributed by atoms with Crippen LogP contribution in [0.5, 0.6) is 0 Å². The molecule has 0 aliphatic heterocycles. The topological polar surface area (TPSA) is 40.5 Å². The van der Waals surface area contributed by atoms with Crippen LogP contribution >= 0.6 is 0 Å². The van der Waals surface area contributed by atoms with Crippen LogP contribution in [0.3, 0.4) is 0 Å². The first-order chi connectivity index (χ1) is 13.7. The van der Waals surface area contributed by atoms with Crippen LogP contribution in [0.2, 0.25) is 0 Å². The highest BCUT2D eigenvalue weighted by Crippen LogP contribution is 2.62. The Morgan fingerprint density at radius 1 is 0.357 bits per heavy atom. The van der Waals surface area contributed by atoms with Crippen LogP contribution in [0, 0.1) is 0 Å². The highest BCUT2D eigenvalue weighted by molar-refractivity contribution is 5.87. The molecule has 2 N–H and O–H groups in total. The van der Waals surface area contributed by atoms with Crippen LogP contribution in [0.1, 0.15) is 22.3 Å². The Labute approximate surface area is 163 Å². The summed E-state index contributed by atoms with van der Waals surface area (Å²) < 4.78 is 0. The molecule has 0 heterocycles. The number of rotatable bonds is 0. The SMILES string of the molecule is OC12c3ccccc3-c3ccccc3C1(O)c1ccccc1-c1ccccc12. The van der Waals surface area contributed by atoms with Crippen molar-refractivity contribution in [1.82, 2.24) is 0 Å². The molecular weight excluding hydrogens is 344 g/mol. The van der Waals surface area contributed by atoms with Crippen LogP contribution < -0.4 is 0 Å². The fraction of sp³-hybridized carbons (Fsp3) is 0.0769. The number of benzene rings is 4. The molecule has 2 heteroatoms. The lowest BCUT2D eigenvalue weighted by Gasteiger charge is -2.53. The summed E-state index contributed by atoms with van der Waals surface area (Å²) in [4.78, 5) is 0. The standard InChI is InChI=1S/C26H18O2/c27-25-21-13-5-1-9-17(21)18-10-2-6-14-22(18)26(25,28)24-16-8-4-12-20(24)19-11-3-7-15-23(19)25/h1-16,27-28H. The highest BCUT2D eigenvalue weighted by Gasteiger charge is 2.61. The second-order valence-corrected chi connectivity index (χ2v) is 7.60. The molecule has 6 rings (SSSR count). The van der Waals surface area contributed by atoms with Crippen molar-refractivity contribution in [2.45, 2.75) is 11.2 Å². The summed E-state index contributed by atoms with van der Waals surface area (Å²) in [5.74, 6) is 0. The molecule has 0 bridgehead atoms. The molecule has 28 heavy (non-hydrogen) atoms. The van der Waals surface area contributed by atoms with E-state index in [0.29, 0.717) is 0 Å². The minimum Gasteiger partial charge on any atom is -0.377 e. The second-order valence-electron chi connectivity index (χ2n) is 7.60. The molecule has 2 aliphatic carbocycles. The normalized spacial score (nSPS) is 23.6. The predicted molar refractivity (Wildman–Crippen MR) is 110 cm³/mol. The summed E-state index contributed by atoms with van der Waals surface area (Å²) in [5.41, 5.74) is 3.61. The van der Waals surface area contributed by atoms with Gasteiger partial charge in [-0.1, -0.05) is 97.1 Å². The molecule has 0 saturated heterocycles. The molecule has 0 atom stereocenters. The molecule has 0 radical (unpaired) electrons. The van der Waals surface area contributed by atoms with E-state index < -0.39 is 11.2 Å². The third kappa shape index (κ3) is 1.62. The number of fused-ring (bicyclic) bond motifs is 11. The van der Waals surface area contributed by atoms with E-state index >= 15 is 0 Å². The second kappa shape index (κ2) is 5.20. The number of hydrogen-bond donors (Lipinski definition) is 2. The van der Waals surface area contributed by atoms with E-state index in [9.17, 15) is 10.2 Å². The van der Waals surface area contributed by atoms with Gasteiger partial charge in [-0.25, -0.2) is 0 Å². The minimum absolute atomic E-state index is 0.734. The van der Waals surface area contributed by atoms with Crippen molar-refractivity contribution in [3.05, 3.63) is 119 Å². The van der Waals surface area contributed by atoms with Gasteiger partial charge in [0.05, 0.1) is 0 Å².